The Kier molecular flexibility index (Phi) is 49.2. The monoisotopic (exact) mass is 1100 g/mol. The van der Waals surface area contributed by atoms with E-state index in [2.05, 4.69) is 27.7 Å². The van der Waals surface area contributed by atoms with E-state index >= 15 is 0 Å². The number of carbonyl (C=O) groups excluding carboxylic acids is 4. The van der Waals surface area contributed by atoms with Crippen molar-refractivity contribution in [1.29, 1.82) is 0 Å². The quantitative estimate of drug-likeness (QED) is 0.0222. The molecule has 0 aromatic carbocycles. The topological polar surface area (TPSA) is 237 Å². The van der Waals surface area contributed by atoms with Crippen molar-refractivity contribution in [2.75, 3.05) is 39.6 Å². The molecule has 0 aliphatic heterocycles. The van der Waals surface area contributed by atoms with Gasteiger partial charge in [0.2, 0.25) is 0 Å². The number of esters is 4. The number of hydrogen-bond acceptors (Lipinski definition) is 15. The molecule has 17 nitrogen and oxygen atoms in total. The average Bonchev–Trinajstić information content (AvgIpc) is 3.37. The van der Waals surface area contributed by atoms with E-state index in [9.17, 15) is 43.2 Å². The lowest BCUT2D eigenvalue weighted by molar-refractivity contribution is -0.161. The molecule has 0 radical (unpaired) electrons. The Labute approximate surface area is 447 Å². The van der Waals surface area contributed by atoms with Gasteiger partial charge in [-0.05, 0) is 25.7 Å². The fraction of sp³-hybridized carbons (Fsp3) is 0.927. The number of unbranched alkanes of at least 4 members (excludes halogenated alkanes) is 30. The second-order valence-electron chi connectivity index (χ2n) is 20.0. The summed E-state index contributed by atoms with van der Waals surface area (Å²) in [6.45, 7) is 4.72. The van der Waals surface area contributed by atoms with Gasteiger partial charge in [-0.25, -0.2) is 9.13 Å². The summed E-state index contributed by atoms with van der Waals surface area (Å²) in [5, 5.41) is 10.4. The first kappa shape index (κ1) is 72.1. The SMILES string of the molecule is CCCCCCCCCCCCCCC(=O)O[C@H](COC(=O)CCCCCCCCCC)COP(=O)(O)OC[C@@H](O)COP(=O)(O)OC[C@@H](COC(=O)CCCCCCCCC)OC(=O)CCCCCCCCC. The lowest BCUT2D eigenvalue weighted by Crippen LogP contribution is -2.30. The molecule has 0 aliphatic rings. The van der Waals surface area contributed by atoms with Crippen molar-refractivity contribution in [2.45, 2.75) is 290 Å². The maximum absolute atomic E-state index is 12.9. The number of hydrogen-bond donors (Lipinski definition) is 3. The molecular formula is C55H106O17P2. The Hall–Kier alpha value is -1.94. The number of rotatable bonds is 56. The summed E-state index contributed by atoms with van der Waals surface area (Å²) in [6.07, 6.45) is 32.3. The predicted molar refractivity (Wildman–Crippen MR) is 289 cm³/mol. The van der Waals surface area contributed by atoms with Crippen LogP contribution in [0.5, 0.6) is 0 Å². The van der Waals surface area contributed by atoms with Gasteiger partial charge >= 0.3 is 39.5 Å². The third-order valence-corrected chi connectivity index (χ3v) is 14.5. The normalized spacial score (nSPS) is 14.4. The van der Waals surface area contributed by atoms with E-state index in [1.807, 2.05) is 0 Å². The molecule has 0 rings (SSSR count). The summed E-state index contributed by atoms with van der Waals surface area (Å²) in [6, 6.07) is 0. The highest BCUT2D eigenvalue weighted by molar-refractivity contribution is 7.47. The van der Waals surface area contributed by atoms with E-state index in [1.165, 1.54) is 70.6 Å². The Bertz CT molecular complexity index is 1450. The van der Waals surface area contributed by atoms with Crippen molar-refractivity contribution >= 4 is 39.5 Å². The summed E-state index contributed by atoms with van der Waals surface area (Å²) in [5.41, 5.74) is 0. The fourth-order valence-corrected chi connectivity index (χ4v) is 9.62. The summed E-state index contributed by atoms with van der Waals surface area (Å²) >= 11 is 0. The number of phosphoric ester groups is 2. The second-order valence-corrected chi connectivity index (χ2v) is 22.9. The maximum atomic E-state index is 12.9. The van der Waals surface area contributed by atoms with Crippen LogP contribution in [0.4, 0.5) is 0 Å². The van der Waals surface area contributed by atoms with Gasteiger partial charge in [0.05, 0.1) is 26.4 Å². The molecule has 0 amide bonds. The standard InChI is InChI=1S/C55H106O17P2/c1-5-9-13-17-21-23-24-25-26-30-34-38-42-55(60)72-51(46-66-53(58)40-36-32-29-22-18-14-10-6-2)48-70-74(63,64)68-44-49(56)43-67-73(61,62)69-47-50(71-54(59)41-37-33-28-20-16-12-8-4)45-65-52(57)39-35-31-27-19-15-11-7-3/h49-51,56H,5-48H2,1-4H3,(H,61,62)(H,63,64)/t49-,50+,51+/m0/s1. The number of aliphatic hydroxyl groups is 1. The molecule has 0 bridgehead atoms. The molecule has 5 atom stereocenters. The van der Waals surface area contributed by atoms with E-state index in [0.717, 1.165) is 122 Å². The Morgan fingerprint density at radius 2 is 0.541 bits per heavy atom. The van der Waals surface area contributed by atoms with Crippen LogP contribution in [0.25, 0.3) is 0 Å². The molecule has 0 saturated heterocycles. The summed E-state index contributed by atoms with van der Waals surface area (Å²) in [5.74, 6) is -2.16. The van der Waals surface area contributed by atoms with Crippen molar-refractivity contribution in [3.8, 4) is 0 Å². The first-order valence-electron chi connectivity index (χ1n) is 29.3. The van der Waals surface area contributed by atoms with Crippen molar-refractivity contribution < 1.29 is 80.2 Å². The average molecular weight is 1100 g/mol. The number of carbonyl (C=O) groups is 4. The second kappa shape index (κ2) is 50.6. The summed E-state index contributed by atoms with van der Waals surface area (Å²) in [4.78, 5) is 71.5. The molecule has 0 spiro atoms. The maximum Gasteiger partial charge on any atom is 0.472 e. The lowest BCUT2D eigenvalue weighted by atomic mass is 10.0. The van der Waals surface area contributed by atoms with Crippen molar-refractivity contribution in [1.82, 2.24) is 0 Å². The largest absolute Gasteiger partial charge is 0.472 e. The van der Waals surface area contributed by atoms with Crippen LogP contribution in [-0.2, 0) is 65.4 Å². The highest BCUT2D eigenvalue weighted by Gasteiger charge is 2.30. The molecule has 0 aromatic rings. The Morgan fingerprint density at radius 1 is 0.324 bits per heavy atom. The van der Waals surface area contributed by atoms with Gasteiger partial charge in [-0.2, -0.15) is 0 Å². The van der Waals surface area contributed by atoms with Gasteiger partial charge in [-0.1, -0.05) is 220 Å². The first-order valence-corrected chi connectivity index (χ1v) is 32.3. The van der Waals surface area contributed by atoms with Crippen LogP contribution in [-0.4, -0.2) is 96.7 Å². The molecule has 0 fully saturated rings. The Morgan fingerprint density at radius 3 is 0.797 bits per heavy atom. The van der Waals surface area contributed by atoms with Crippen LogP contribution in [0.1, 0.15) is 272 Å². The molecule has 3 N–H and O–H groups in total. The van der Waals surface area contributed by atoms with Gasteiger partial charge in [0.25, 0.3) is 0 Å². The third-order valence-electron chi connectivity index (χ3n) is 12.6. The summed E-state index contributed by atoms with van der Waals surface area (Å²) in [7, 11) is -9.85. The molecule has 2 unspecified atom stereocenters. The van der Waals surface area contributed by atoms with Crippen molar-refractivity contribution in [3.05, 3.63) is 0 Å². The predicted octanol–water partition coefficient (Wildman–Crippen LogP) is 14.4. The molecule has 0 aliphatic carbocycles. The van der Waals surface area contributed by atoms with E-state index in [1.54, 1.807) is 0 Å². The number of ether oxygens (including phenoxy) is 4. The van der Waals surface area contributed by atoms with Crippen molar-refractivity contribution in [3.63, 3.8) is 0 Å². The molecule has 74 heavy (non-hydrogen) atoms. The van der Waals surface area contributed by atoms with Gasteiger partial charge in [-0.3, -0.25) is 37.3 Å². The Balaban J connectivity index is 5.18. The highest BCUT2D eigenvalue weighted by atomic mass is 31.2. The van der Waals surface area contributed by atoms with Gasteiger partial charge in [0.1, 0.15) is 19.3 Å². The van der Waals surface area contributed by atoms with E-state index in [4.69, 9.17) is 37.0 Å². The third kappa shape index (κ3) is 49.6. The zero-order valence-electron chi connectivity index (χ0n) is 46.8. The molecule has 0 saturated carbocycles. The van der Waals surface area contributed by atoms with E-state index in [0.29, 0.717) is 25.7 Å². The van der Waals surface area contributed by atoms with E-state index in [-0.39, 0.29) is 25.7 Å². The van der Waals surface area contributed by atoms with Crippen molar-refractivity contribution in [2.24, 2.45) is 0 Å². The summed E-state index contributed by atoms with van der Waals surface area (Å²) < 4.78 is 67.4. The number of aliphatic hydroxyl groups excluding tert-OH is 1. The van der Waals surface area contributed by atoms with Gasteiger partial charge < -0.3 is 33.8 Å². The van der Waals surface area contributed by atoms with Crippen LogP contribution in [0.2, 0.25) is 0 Å². The molecule has 0 aromatic heterocycles. The van der Waals surface area contributed by atoms with Gasteiger partial charge in [0, 0.05) is 25.7 Å². The zero-order chi connectivity index (χ0) is 54.8. The first-order chi connectivity index (χ1) is 35.7. The van der Waals surface area contributed by atoms with Gasteiger partial charge in [-0.15, -0.1) is 0 Å². The van der Waals surface area contributed by atoms with E-state index < -0.39 is 97.5 Å². The number of phosphoric acid groups is 2. The highest BCUT2D eigenvalue weighted by Crippen LogP contribution is 2.45. The molecule has 438 valence electrons. The zero-order valence-corrected chi connectivity index (χ0v) is 48.6. The fourth-order valence-electron chi connectivity index (χ4n) is 8.04. The van der Waals surface area contributed by atoms with Crippen LogP contribution in [0.3, 0.4) is 0 Å². The lowest BCUT2D eigenvalue weighted by Gasteiger charge is -2.21. The minimum atomic E-state index is -4.93. The minimum Gasteiger partial charge on any atom is -0.462 e. The molecular weight excluding hydrogens is 995 g/mol. The van der Waals surface area contributed by atoms with Gasteiger partial charge in [0.15, 0.2) is 12.2 Å². The smallest absolute Gasteiger partial charge is 0.462 e. The van der Waals surface area contributed by atoms with Crippen LogP contribution in [0, 0.1) is 0 Å². The molecule has 0 heterocycles. The van der Waals surface area contributed by atoms with Crippen LogP contribution in [0.15, 0.2) is 0 Å². The van der Waals surface area contributed by atoms with Crippen LogP contribution >= 0.6 is 15.6 Å². The van der Waals surface area contributed by atoms with Crippen LogP contribution < -0.4 is 0 Å². The minimum absolute atomic E-state index is 0.103. The molecule has 19 heteroatoms.